The van der Waals surface area contributed by atoms with E-state index >= 15 is 0 Å². The Morgan fingerprint density at radius 3 is 3.00 bits per heavy atom. The SMILES string of the molecule is CCCCNC(=O)CN1CC[C@@H](O)C1. The first kappa shape index (κ1) is 11.5. The number of nitrogens with one attached hydrogen (secondary N) is 1. The van der Waals surface area contributed by atoms with Gasteiger partial charge in [-0.3, -0.25) is 9.69 Å². The molecule has 1 saturated heterocycles. The van der Waals surface area contributed by atoms with Crippen LogP contribution in [-0.2, 0) is 4.79 Å². The molecule has 14 heavy (non-hydrogen) atoms. The molecule has 4 heteroatoms. The molecule has 0 spiro atoms. The molecule has 0 aromatic heterocycles. The highest BCUT2D eigenvalue weighted by molar-refractivity contribution is 5.78. The van der Waals surface area contributed by atoms with E-state index in [2.05, 4.69) is 12.2 Å². The van der Waals surface area contributed by atoms with Gasteiger partial charge in [0.2, 0.25) is 5.91 Å². The third-order valence-electron chi connectivity index (χ3n) is 2.47. The normalized spacial score (nSPS) is 22.6. The van der Waals surface area contributed by atoms with Crippen LogP contribution >= 0.6 is 0 Å². The van der Waals surface area contributed by atoms with Crippen LogP contribution in [0.25, 0.3) is 0 Å². The summed E-state index contributed by atoms with van der Waals surface area (Å²) in [5.41, 5.74) is 0. The number of nitrogens with zero attached hydrogens (tertiary/aromatic N) is 1. The van der Waals surface area contributed by atoms with E-state index in [1.165, 1.54) is 0 Å². The summed E-state index contributed by atoms with van der Waals surface area (Å²) < 4.78 is 0. The minimum Gasteiger partial charge on any atom is -0.392 e. The van der Waals surface area contributed by atoms with E-state index in [0.29, 0.717) is 13.1 Å². The number of hydrogen-bond acceptors (Lipinski definition) is 3. The van der Waals surface area contributed by atoms with Gasteiger partial charge in [0.1, 0.15) is 0 Å². The van der Waals surface area contributed by atoms with Crippen molar-refractivity contribution in [2.45, 2.75) is 32.3 Å². The standard InChI is InChI=1S/C10H20N2O2/c1-2-3-5-11-10(14)8-12-6-4-9(13)7-12/h9,13H,2-8H2,1H3,(H,11,14)/t9-/m1/s1. The lowest BCUT2D eigenvalue weighted by Gasteiger charge is -2.14. The van der Waals surface area contributed by atoms with Gasteiger partial charge in [-0.2, -0.15) is 0 Å². The van der Waals surface area contributed by atoms with Crippen molar-refractivity contribution >= 4 is 5.91 Å². The van der Waals surface area contributed by atoms with Gasteiger partial charge in [-0.25, -0.2) is 0 Å². The number of likely N-dealkylation sites (tertiary alicyclic amines) is 1. The molecule has 1 aliphatic rings. The Kier molecular flexibility index (Phi) is 4.90. The van der Waals surface area contributed by atoms with Gasteiger partial charge in [-0.15, -0.1) is 0 Å². The molecule has 1 aliphatic heterocycles. The van der Waals surface area contributed by atoms with Crippen LogP contribution in [0.15, 0.2) is 0 Å². The van der Waals surface area contributed by atoms with Gasteiger partial charge in [-0.05, 0) is 12.8 Å². The van der Waals surface area contributed by atoms with Crippen LogP contribution in [0.2, 0.25) is 0 Å². The summed E-state index contributed by atoms with van der Waals surface area (Å²) in [5.74, 6) is 0.0764. The van der Waals surface area contributed by atoms with Crippen molar-refractivity contribution in [2.75, 3.05) is 26.2 Å². The minimum atomic E-state index is -0.238. The lowest BCUT2D eigenvalue weighted by molar-refractivity contribution is -0.122. The number of carbonyl (C=O) groups excluding carboxylic acids is 1. The number of aliphatic hydroxyl groups excluding tert-OH is 1. The van der Waals surface area contributed by atoms with Crippen LogP contribution in [0.3, 0.4) is 0 Å². The van der Waals surface area contributed by atoms with E-state index in [0.717, 1.165) is 32.4 Å². The van der Waals surface area contributed by atoms with Gasteiger partial charge in [0.15, 0.2) is 0 Å². The van der Waals surface area contributed by atoms with E-state index in [1.54, 1.807) is 0 Å². The number of amides is 1. The minimum absolute atomic E-state index is 0.0764. The molecule has 0 aliphatic carbocycles. The molecule has 1 fully saturated rings. The Morgan fingerprint density at radius 1 is 1.64 bits per heavy atom. The van der Waals surface area contributed by atoms with Crippen molar-refractivity contribution in [1.29, 1.82) is 0 Å². The molecule has 1 amide bonds. The fourth-order valence-electron chi connectivity index (χ4n) is 1.62. The Morgan fingerprint density at radius 2 is 2.43 bits per heavy atom. The number of β-amino-alcohol motifs (C(OH)–C–C–N with tert-alkyl or cyclic N) is 1. The molecule has 1 atom stereocenters. The number of hydrogen-bond donors (Lipinski definition) is 2. The van der Waals surface area contributed by atoms with Crippen molar-refractivity contribution in [1.82, 2.24) is 10.2 Å². The molecule has 82 valence electrons. The highest BCUT2D eigenvalue weighted by Gasteiger charge is 2.21. The second-order valence-corrected chi connectivity index (χ2v) is 3.88. The Hall–Kier alpha value is -0.610. The first-order valence-corrected chi connectivity index (χ1v) is 5.39. The zero-order valence-electron chi connectivity index (χ0n) is 8.83. The van der Waals surface area contributed by atoms with Crippen molar-refractivity contribution in [2.24, 2.45) is 0 Å². The number of rotatable bonds is 5. The highest BCUT2D eigenvalue weighted by Crippen LogP contribution is 2.07. The second kappa shape index (κ2) is 5.98. The molecule has 0 aromatic rings. The number of aliphatic hydroxyl groups is 1. The van der Waals surface area contributed by atoms with E-state index in [-0.39, 0.29) is 12.0 Å². The van der Waals surface area contributed by atoms with Gasteiger partial charge >= 0.3 is 0 Å². The molecule has 0 saturated carbocycles. The second-order valence-electron chi connectivity index (χ2n) is 3.88. The van der Waals surface area contributed by atoms with E-state index < -0.39 is 0 Å². The topological polar surface area (TPSA) is 52.6 Å². The zero-order chi connectivity index (χ0) is 10.4. The fraction of sp³-hybridized carbons (Fsp3) is 0.900. The van der Waals surface area contributed by atoms with Crippen molar-refractivity contribution in [3.8, 4) is 0 Å². The predicted molar refractivity (Wildman–Crippen MR) is 55.0 cm³/mol. The molecule has 0 radical (unpaired) electrons. The predicted octanol–water partition coefficient (Wildman–Crippen LogP) is -0.0307. The van der Waals surface area contributed by atoms with E-state index in [9.17, 15) is 9.90 Å². The zero-order valence-corrected chi connectivity index (χ0v) is 8.83. The van der Waals surface area contributed by atoms with Crippen LogP contribution in [0.5, 0.6) is 0 Å². The maximum atomic E-state index is 11.3. The Balaban J connectivity index is 2.08. The largest absolute Gasteiger partial charge is 0.392 e. The average molecular weight is 200 g/mol. The van der Waals surface area contributed by atoms with Gasteiger partial charge in [0, 0.05) is 19.6 Å². The van der Waals surface area contributed by atoms with Gasteiger partial charge in [-0.1, -0.05) is 13.3 Å². The summed E-state index contributed by atoms with van der Waals surface area (Å²) in [6.45, 7) is 4.78. The maximum absolute atomic E-state index is 11.3. The molecule has 0 bridgehead atoms. The van der Waals surface area contributed by atoms with Gasteiger partial charge in [0.25, 0.3) is 0 Å². The van der Waals surface area contributed by atoms with Crippen LogP contribution in [0, 0.1) is 0 Å². The average Bonchev–Trinajstić information content (AvgIpc) is 2.52. The fourth-order valence-corrected chi connectivity index (χ4v) is 1.62. The third kappa shape index (κ3) is 4.07. The van der Waals surface area contributed by atoms with Crippen molar-refractivity contribution in [3.05, 3.63) is 0 Å². The molecule has 0 aromatic carbocycles. The molecule has 1 heterocycles. The molecular formula is C10H20N2O2. The molecular weight excluding hydrogens is 180 g/mol. The van der Waals surface area contributed by atoms with E-state index in [4.69, 9.17) is 0 Å². The Bertz CT molecular complexity index is 185. The van der Waals surface area contributed by atoms with Crippen molar-refractivity contribution in [3.63, 3.8) is 0 Å². The molecule has 0 unspecified atom stereocenters. The monoisotopic (exact) mass is 200 g/mol. The summed E-state index contributed by atoms with van der Waals surface area (Å²) in [6, 6.07) is 0. The summed E-state index contributed by atoms with van der Waals surface area (Å²) in [7, 11) is 0. The summed E-state index contributed by atoms with van der Waals surface area (Å²) in [5, 5.41) is 12.1. The lowest BCUT2D eigenvalue weighted by atomic mass is 10.3. The van der Waals surface area contributed by atoms with Crippen LogP contribution < -0.4 is 5.32 Å². The summed E-state index contributed by atoms with van der Waals surface area (Å²) in [4.78, 5) is 13.3. The third-order valence-corrected chi connectivity index (χ3v) is 2.47. The van der Waals surface area contributed by atoms with Crippen LogP contribution in [0.4, 0.5) is 0 Å². The van der Waals surface area contributed by atoms with Gasteiger partial charge in [0.05, 0.1) is 12.6 Å². The quantitative estimate of drug-likeness (QED) is 0.613. The molecule has 1 rings (SSSR count). The first-order valence-electron chi connectivity index (χ1n) is 5.39. The number of carbonyl (C=O) groups is 1. The summed E-state index contributed by atoms with van der Waals surface area (Å²) >= 11 is 0. The lowest BCUT2D eigenvalue weighted by Crippen LogP contribution is -2.36. The molecule has 4 nitrogen and oxygen atoms in total. The maximum Gasteiger partial charge on any atom is 0.234 e. The first-order chi connectivity index (χ1) is 6.72. The number of unbranched alkanes of at least 4 members (excludes halogenated alkanes) is 1. The smallest absolute Gasteiger partial charge is 0.234 e. The highest BCUT2D eigenvalue weighted by atomic mass is 16.3. The summed E-state index contributed by atoms with van der Waals surface area (Å²) in [6.07, 6.45) is 2.69. The van der Waals surface area contributed by atoms with E-state index in [1.807, 2.05) is 4.90 Å². The van der Waals surface area contributed by atoms with Crippen LogP contribution in [0.1, 0.15) is 26.2 Å². The van der Waals surface area contributed by atoms with Crippen LogP contribution in [-0.4, -0.2) is 48.2 Å². The Labute approximate surface area is 85.3 Å². The van der Waals surface area contributed by atoms with Crippen molar-refractivity contribution < 1.29 is 9.90 Å². The molecule has 2 N–H and O–H groups in total. The van der Waals surface area contributed by atoms with Gasteiger partial charge < -0.3 is 10.4 Å².